The fraction of sp³-hybridized carbons (Fsp3) is 0.308. The number of carbonyl (C=O) groups excluding carboxylic acids is 1. The molecule has 0 atom stereocenters. The summed E-state index contributed by atoms with van der Waals surface area (Å²) in [6, 6.07) is 9.98. The van der Waals surface area contributed by atoms with Crippen molar-refractivity contribution < 1.29 is 4.79 Å². The SMILES string of the molecule is O=C(Nc1nncs1)C1(c2ccccc2)CCC1. The van der Waals surface area contributed by atoms with Crippen LogP contribution < -0.4 is 5.32 Å². The molecule has 1 heterocycles. The zero-order valence-electron chi connectivity index (χ0n) is 9.80. The van der Waals surface area contributed by atoms with E-state index in [-0.39, 0.29) is 11.3 Å². The standard InChI is InChI=1S/C13H13N3OS/c17-11(15-12-16-14-9-18-12)13(7-4-8-13)10-5-2-1-3-6-10/h1-3,5-6,9H,4,7-8H2,(H,15,16,17). The van der Waals surface area contributed by atoms with E-state index < -0.39 is 0 Å². The number of anilines is 1. The first-order valence-corrected chi connectivity index (χ1v) is 6.82. The maximum absolute atomic E-state index is 12.4. The lowest BCUT2D eigenvalue weighted by atomic mass is 9.64. The number of amides is 1. The van der Waals surface area contributed by atoms with Gasteiger partial charge in [0.2, 0.25) is 11.0 Å². The van der Waals surface area contributed by atoms with E-state index in [9.17, 15) is 4.79 Å². The Hall–Kier alpha value is -1.75. The van der Waals surface area contributed by atoms with Crippen LogP contribution in [-0.2, 0) is 10.2 Å². The van der Waals surface area contributed by atoms with Gasteiger partial charge in [-0.05, 0) is 18.4 Å². The highest BCUT2D eigenvalue weighted by molar-refractivity contribution is 7.13. The summed E-state index contributed by atoms with van der Waals surface area (Å²) in [6.45, 7) is 0. The molecule has 1 aliphatic carbocycles. The highest BCUT2D eigenvalue weighted by Gasteiger charge is 2.45. The molecule has 0 radical (unpaired) electrons. The Morgan fingerprint density at radius 2 is 2.06 bits per heavy atom. The fourth-order valence-corrected chi connectivity index (χ4v) is 2.82. The minimum atomic E-state index is -0.368. The fourth-order valence-electron chi connectivity index (χ4n) is 2.38. The molecule has 1 N–H and O–H groups in total. The van der Waals surface area contributed by atoms with E-state index >= 15 is 0 Å². The van der Waals surface area contributed by atoms with Crippen LogP contribution in [0.3, 0.4) is 0 Å². The topological polar surface area (TPSA) is 54.9 Å². The number of nitrogens with one attached hydrogen (secondary N) is 1. The molecule has 18 heavy (non-hydrogen) atoms. The number of benzene rings is 1. The van der Waals surface area contributed by atoms with E-state index in [0.29, 0.717) is 5.13 Å². The monoisotopic (exact) mass is 259 g/mol. The first-order valence-electron chi connectivity index (χ1n) is 5.94. The van der Waals surface area contributed by atoms with Crippen molar-refractivity contribution in [1.82, 2.24) is 10.2 Å². The number of nitrogens with zero attached hydrogens (tertiary/aromatic N) is 2. The van der Waals surface area contributed by atoms with Gasteiger partial charge in [-0.15, -0.1) is 10.2 Å². The average Bonchev–Trinajstić information content (AvgIpc) is 2.82. The average molecular weight is 259 g/mol. The zero-order valence-corrected chi connectivity index (χ0v) is 10.6. The van der Waals surface area contributed by atoms with Crippen LogP contribution in [0, 0.1) is 0 Å². The third-order valence-corrected chi connectivity index (χ3v) is 4.16. The smallest absolute Gasteiger partial charge is 0.236 e. The normalized spacial score (nSPS) is 16.9. The number of hydrogen-bond donors (Lipinski definition) is 1. The van der Waals surface area contributed by atoms with Crippen molar-refractivity contribution in [3.63, 3.8) is 0 Å². The van der Waals surface area contributed by atoms with Crippen LogP contribution >= 0.6 is 11.3 Å². The maximum Gasteiger partial charge on any atom is 0.236 e. The molecule has 0 aliphatic heterocycles. The van der Waals surface area contributed by atoms with Gasteiger partial charge < -0.3 is 0 Å². The molecule has 2 aromatic rings. The van der Waals surface area contributed by atoms with E-state index in [0.717, 1.165) is 24.8 Å². The zero-order chi connectivity index (χ0) is 12.4. The van der Waals surface area contributed by atoms with Gasteiger partial charge in [-0.1, -0.05) is 48.1 Å². The second kappa shape index (κ2) is 4.49. The number of aromatic nitrogens is 2. The predicted molar refractivity (Wildman–Crippen MR) is 70.5 cm³/mol. The molecule has 0 unspecified atom stereocenters. The molecule has 1 aromatic heterocycles. The first-order chi connectivity index (χ1) is 8.81. The molecule has 1 aliphatic rings. The summed E-state index contributed by atoms with van der Waals surface area (Å²) in [6.07, 6.45) is 2.90. The highest BCUT2D eigenvalue weighted by Crippen LogP contribution is 2.44. The van der Waals surface area contributed by atoms with Crippen molar-refractivity contribution in [2.24, 2.45) is 0 Å². The van der Waals surface area contributed by atoms with Crippen LogP contribution in [0.15, 0.2) is 35.8 Å². The summed E-state index contributed by atoms with van der Waals surface area (Å²) < 4.78 is 0. The quantitative estimate of drug-likeness (QED) is 0.921. The summed E-state index contributed by atoms with van der Waals surface area (Å²) in [5.74, 6) is 0.0386. The Morgan fingerprint density at radius 3 is 2.61 bits per heavy atom. The van der Waals surface area contributed by atoms with Gasteiger partial charge in [0.25, 0.3) is 0 Å². The molecule has 0 saturated heterocycles. The van der Waals surface area contributed by atoms with Crippen LogP contribution in [0.5, 0.6) is 0 Å². The Labute approximate surface area is 109 Å². The second-order valence-corrected chi connectivity index (χ2v) is 5.33. The van der Waals surface area contributed by atoms with Gasteiger partial charge in [0.15, 0.2) is 0 Å². The molecular weight excluding hydrogens is 246 g/mol. The van der Waals surface area contributed by atoms with Gasteiger partial charge in [0.05, 0.1) is 5.41 Å². The summed E-state index contributed by atoms with van der Waals surface area (Å²) in [7, 11) is 0. The van der Waals surface area contributed by atoms with E-state index in [1.54, 1.807) is 5.51 Å². The van der Waals surface area contributed by atoms with Crippen LogP contribution in [0.1, 0.15) is 24.8 Å². The highest BCUT2D eigenvalue weighted by atomic mass is 32.1. The van der Waals surface area contributed by atoms with Gasteiger partial charge in [-0.25, -0.2) is 0 Å². The molecule has 3 rings (SSSR count). The van der Waals surface area contributed by atoms with Crippen molar-refractivity contribution in [2.75, 3.05) is 5.32 Å². The summed E-state index contributed by atoms with van der Waals surface area (Å²) in [4.78, 5) is 12.4. The van der Waals surface area contributed by atoms with Crippen LogP contribution in [0.4, 0.5) is 5.13 Å². The van der Waals surface area contributed by atoms with Gasteiger partial charge in [-0.2, -0.15) is 0 Å². The Balaban J connectivity index is 1.86. The lowest BCUT2D eigenvalue weighted by molar-refractivity contribution is -0.124. The lowest BCUT2D eigenvalue weighted by Crippen LogP contribution is -2.45. The molecule has 92 valence electrons. The van der Waals surface area contributed by atoms with Crippen LogP contribution in [0.25, 0.3) is 0 Å². The van der Waals surface area contributed by atoms with Gasteiger partial charge in [0.1, 0.15) is 5.51 Å². The van der Waals surface area contributed by atoms with Crippen LogP contribution in [0.2, 0.25) is 0 Å². The van der Waals surface area contributed by atoms with Gasteiger partial charge >= 0.3 is 0 Å². The summed E-state index contributed by atoms with van der Waals surface area (Å²) in [5.41, 5.74) is 2.34. The molecule has 0 spiro atoms. The van der Waals surface area contributed by atoms with Crippen molar-refractivity contribution >= 4 is 22.4 Å². The first kappa shape index (κ1) is 11.3. The third kappa shape index (κ3) is 1.80. The molecule has 0 bridgehead atoms. The molecule has 1 aromatic carbocycles. The van der Waals surface area contributed by atoms with Crippen molar-refractivity contribution in [3.05, 3.63) is 41.4 Å². The lowest BCUT2D eigenvalue weighted by Gasteiger charge is -2.40. The molecule has 1 amide bonds. The van der Waals surface area contributed by atoms with Crippen molar-refractivity contribution in [1.29, 1.82) is 0 Å². The minimum Gasteiger partial charge on any atom is -0.300 e. The van der Waals surface area contributed by atoms with E-state index in [1.165, 1.54) is 11.3 Å². The van der Waals surface area contributed by atoms with E-state index in [2.05, 4.69) is 15.5 Å². The largest absolute Gasteiger partial charge is 0.300 e. The van der Waals surface area contributed by atoms with Gasteiger partial charge in [0, 0.05) is 0 Å². The molecule has 5 heteroatoms. The molecular formula is C13H13N3OS. The second-order valence-electron chi connectivity index (χ2n) is 4.50. The third-order valence-electron chi connectivity index (χ3n) is 3.55. The van der Waals surface area contributed by atoms with Gasteiger partial charge in [-0.3, -0.25) is 10.1 Å². The van der Waals surface area contributed by atoms with Crippen molar-refractivity contribution in [2.45, 2.75) is 24.7 Å². The summed E-state index contributed by atoms with van der Waals surface area (Å²) in [5, 5.41) is 11.0. The Kier molecular flexibility index (Phi) is 2.83. The van der Waals surface area contributed by atoms with Crippen LogP contribution in [-0.4, -0.2) is 16.1 Å². The number of hydrogen-bond acceptors (Lipinski definition) is 4. The molecule has 1 saturated carbocycles. The minimum absolute atomic E-state index is 0.0386. The summed E-state index contributed by atoms with van der Waals surface area (Å²) >= 11 is 1.34. The molecule has 4 nitrogen and oxygen atoms in total. The predicted octanol–water partition coefficient (Wildman–Crippen LogP) is 2.60. The van der Waals surface area contributed by atoms with E-state index in [4.69, 9.17) is 0 Å². The number of rotatable bonds is 3. The molecule has 1 fully saturated rings. The van der Waals surface area contributed by atoms with Crippen molar-refractivity contribution in [3.8, 4) is 0 Å². The Bertz CT molecular complexity index is 535. The number of carbonyl (C=O) groups is 1. The van der Waals surface area contributed by atoms with E-state index in [1.807, 2.05) is 30.3 Å². The maximum atomic E-state index is 12.4. The Morgan fingerprint density at radius 1 is 1.28 bits per heavy atom.